The van der Waals surface area contributed by atoms with Crippen LogP contribution >= 0.6 is 0 Å². The zero-order valence-corrected chi connectivity index (χ0v) is 14.4. The standard InChI is InChI=1S/C17H29N3O4/c1-17(10-6-5-9-13(17)15(22)23)20-14(21)11-18-16(24)19-12-7-3-2-4-8-12/h12-13H,2-11H2,1H3,(H,20,21)(H,22,23)(H2,18,19,24). The molecule has 24 heavy (non-hydrogen) atoms. The number of urea groups is 1. The van der Waals surface area contributed by atoms with Gasteiger partial charge in [-0.3, -0.25) is 9.59 Å². The molecule has 0 aromatic heterocycles. The molecule has 2 aliphatic carbocycles. The second-order valence-electron chi connectivity index (χ2n) is 7.26. The molecule has 2 rings (SSSR count). The first-order valence-corrected chi connectivity index (χ1v) is 8.99. The Balaban J connectivity index is 1.77. The Morgan fingerprint density at radius 1 is 1.04 bits per heavy atom. The van der Waals surface area contributed by atoms with E-state index >= 15 is 0 Å². The van der Waals surface area contributed by atoms with E-state index in [2.05, 4.69) is 16.0 Å². The van der Waals surface area contributed by atoms with Crippen molar-refractivity contribution >= 4 is 17.9 Å². The van der Waals surface area contributed by atoms with Crippen LogP contribution in [0.3, 0.4) is 0 Å². The smallest absolute Gasteiger partial charge is 0.315 e. The maximum atomic E-state index is 12.1. The molecule has 2 aliphatic rings. The van der Waals surface area contributed by atoms with E-state index in [1.54, 1.807) is 6.92 Å². The summed E-state index contributed by atoms with van der Waals surface area (Å²) in [6.07, 6.45) is 8.41. The van der Waals surface area contributed by atoms with Crippen LogP contribution in [0.1, 0.15) is 64.7 Å². The van der Waals surface area contributed by atoms with Crippen molar-refractivity contribution in [1.29, 1.82) is 0 Å². The molecule has 0 spiro atoms. The van der Waals surface area contributed by atoms with Crippen LogP contribution in [0.2, 0.25) is 0 Å². The number of nitrogens with one attached hydrogen (secondary N) is 3. The van der Waals surface area contributed by atoms with Crippen LogP contribution < -0.4 is 16.0 Å². The predicted molar refractivity (Wildman–Crippen MR) is 89.5 cm³/mol. The van der Waals surface area contributed by atoms with Crippen LogP contribution in [-0.2, 0) is 9.59 Å². The molecule has 7 nitrogen and oxygen atoms in total. The maximum absolute atomic E-state index is 12.1. The highest BCUT2D eigenvalue weighted by Crippen LogP contribution is 2.33. The number of carbonyl (C=O) groups is 3. The second kappa shape index (κ2) is 8.35. The van der Waals surface area contributed by atoms with Crippen molar-refractivity contribution in [2.45, 2.75) is 76.3 Å². The van der Waals surface area contributed by atoms with Gasteiger partial charge in [0, 0.05) is 6.04 Å². The molecule has 2 atom stereocenters. The molecule has 0 aromatic carbocycles. The molecule has 0 saturated heterocycles. The summed E-state index contributed by atoms with van der Waals surface area (Å²) in [5.41, 5.74) is -0.747. The number of carbonyl (C=O) groups excluding carboxylic acids is 2. The van der Waals surface area contributed by atoms with Crippen molar-refractivity contribution in [3.63, 3.8) is 0 Å². The molecule has 2 unspecified atom stereocenters. The summed E-state index contributed by atoms with van der Waals surface area (Å²) < 4.78 is 0. The molecule has 0 bridgehead atoms. The first-order chi connectivity index (χ1) is 11.4. The number of hydrogen-bond donors (Lipinski definition) is 4. The average Bonchev–Trinajstić information content (AvgIpc) is 2.53. The van der Waals surface area contributed by atoms with Gasteiger partial charge in [0.05, 0.1) is 18.0 Å². The lowest BCUT2D eigenvalue weighted by atomic mass is 9.74. The van der Waals surface area contributed by atoms with Crippen molar-refractivity contribution in [2.75, 3.05) is 6.54 Å². The van der Waals surface area contributed by atoms with Crippen LogP contribution in [0.15, 0.2) is 0 Å². The lowest BCUT2D eigenvalue weighted by Gasteiger charge is -2.39. The van der Waals surface area contributed by atoms with Crippen LogP contribution in [0.4, 0.5) is 4.79 Å². The summed E-state index contributed by atoms with van der Waals surface area (Å²) in [5, 5.41) is 17.6. The fourth-order valence-electron chi connectivity index (χ4n) is 3.89. The Hall–Kier alpha value is -1.79. The Bertz CT molecular complexity index is 476. The number of rotatable bonds is 5. The molecule has 2 fully saturated rings. The van der Waals surface area contributed by atoms with Gasteiger partial charge in [0.2, 0.25) is 5.91 Å². The zero-order valence-electron chi connectivity index (χ0n) is 14.4. The normalized spacial score (nSPS) is 28.0. The Labute approximate surface area is 142 Å². The molecule has 0 aromatic rings. The highest BCUT2D eigenvalue weighted by Gasteiger charge is 2.42. The fraction of sp³-hybridized carbons (Fsp3) is 0.824. The Morgan fingerprint density at radius 2 is 1.71 bits per heavy atom. The summed E-state index contributed by atoms with van der Waals surface area (Å²) in [6.45, 7) is 1.64. The summed E-state index contributed by atoms with van der Waals surface area (Å²) in [7, 11) is 0. The minimum Gasteiger partial charge on any atom is -0.481 e. The van der Waals surface area contributed by atoms with Gasteiger partial charge < -0.3 is 21.1 Å². The molecular weight excluding hydrogens is 310 g/mol. The highest BCUT2D eigenvalue weighted by molar-refractivity contribution is 5.85. The first-order valence-electron chi connectivity index (χ1n) is 8.99. The third-order valence-electron chi connectivity index (χ3n) is 5.28. The predicted octanol–water partition coefficient (Wildman–Crippen LogP) is 1.77. The van der Waals surface area contributed by atoms with Crippen molar-refractivity contribution < 1.29 is 19.5 Å². The molecule has 0 radical (unpaired) electrons. The minimum atomic E-state index is -0.875. The third-order valence-corrected chi connectivity index (χ3v) is 5.28. The van der Waals surface area contributed by atoms with Gasteiger partial charge in [0.15, 0.2) is 0 Å². The van der Waals surface area contributed by atoms with Gasteiger partial charge in [-0.25, -0.2) is 4.79 Å². The van der Waals surface area contributed by atoms with E-state index in [0.717, 1.165) is 38.5 Å². The third kappa shape index (κ3) is 5.11. The molecule has 4 N–H and O–H groups in total. The summed E-state index contributed by atoms with van der Waals surface area (Å²) in [4.78, 5) is 35.4. The zero-order chi connectivity index (χ0) is 17.6. The van der Waals surface area contributed by atoms with Crippen LogP contribution in [0, 0.1) is 5.92 Å². The SMILES string of the molecule is CC1(NC(=O)CNC(=O)NC2CCCCC2)CCCCC1C(=O)O. The minimum absolute atomic E-state index is 0.138. The van der Waals surface area contributed by atoms with E-state index in [-0.39, 0.29) is 24.5 Å². The van der Waals surface area contributed by atoms with Crippen molar-refractivity contribution in [2.24, 2.45) is 5.92 Å². The quantitative estimate of drug-likeness (QED) is 0.612. The maximum Gasteiger partial charge on any atom is 0.315 e. The van der Waals surface area contributed by atoms with Gasteiger partial charge in [-0.1, -0.05) is 32.1 Å². The van der Waals surface area contributed by atoms with Crippen LogP contribution in [0.25, 0.3) is 0 Å². The topological polar surface area (TPSA) is 108 Å². The van der Waals surface area contributed by atoms with Gasteiger partial charge >= 0.3 is 12.0 Å². The Kier molecular flexibility index (Phi) is 6.45. The number of carboxylic acids is 1. The van der Waals surface area contributed by atoms with E-state index in [4.69, 9.17) is 0 Å². The van der Waals surface area contributed by atoms with Crippen molar-refractivity contribution in [1.82, 2.24) is 16.0 Å². The van der Waals surface area contributed by atoms with Gasteiger partial charge in [0.1, 0.15) is 0 Å². The molecule has 0 heterocycles. The Morgan fingerprint density at radius 3 is 2.38 bits per heavy atom. The monoisotopic (exact) mass is 339 g/mol. The largest absolute Gasteiger partial charge is 0.481 e. The van der Waals surface area contributed by atoms with Crippen molar-refractivity contribution in [3.8, 4) is 0 Å². The summed E-state index contributed by atoms with van der Waals surface area (Å²) in [6, 6.07) is -0.144. The first kappa shape index (κ1) is 18.5. The molecule has 3 amide bonds. The molecule has 136 valence electrons. The van der Waals surface area contributed by atoms with E-state index in [9.17, 15) is 19.5 Å². The highest BCUT2D eigenvalue weighted by atomic mass is 16.4. The van der Waals surface area contributed by atoms with Crippen LogP contribution in [-0.4, -0.2) is 41.1 Å². The van der Waals surface area contributed by atoms with Gasteiger partial charge in [-0.05, 0) is 32.6 Å². The van der Waals surface area contributed by atoms with Gasteiger partial charge in [-0.15, -0.1) is 0 Å². The van der Waals surface area contributed by atoms with E-state index in [1.807, 2.05) is 0 Å². The lowest BCUT2D eigenvalue weighted by Crippen LogP contribution is -2.57. The molecule has 2 saturated carbocycles. The number of hydrogen-bond acceptors (Lipinski definition) is 3. The van der Waals surface area contributed by atoms with Crippen molar-refractivity contribution in [3.05, 3.63) is 0 Å². The van der Waals surface area contributed by atoms with E-state index in [1.165, 1.54) is 6.42 Å². The fourth-order valence-corrected chi connectivity index (χ4v) is 3.89. The number of aliphatic carboxylic acids is 1. The number of amides is 3. The average molecular weight is 339 g/mol. The number of carboxylic acid groups (broad SMARTS) is 1. The molecule has 0 aliphatic heterocycles. The second-order valence-corrected chi connectivity index (χ2v) is 7.26. The summed E-state index contributed by atoms with van der Waals surface area (Å²) in [5.74, 6) is -1.80. The summed E-state index contributed by atoms with van der Waals surface area (Å²) >= 11 is 0. The molecule has 7 heteroatoms. The lowest BCUT2D eigenvalue weighted by molar-refractivity contribution is -0.146. The van der Waals surface area contributed by atoms with Crippen LogP contribution in [0.5, 0.6) is 0 Å². The molecular formula is C17H29N3O4. The van der Waals surface area contributed by atoms with Gasteiger partial charge in [0.25, 0.3) is 0 Å². The van der Waals surface area contributed by atoms with Gasteiger partial charge in [-0.2, -0.15) is 0 Å². The van der Waals surface area contributed by atoms with E-state index < -0.39 is 17.4 Å². The van der Waals surface area contributed by atoms with E-state index in [0.29, 0.717) is 12.8 Å².